The van der Waals surface area contributed by atoms with Gasteiger partial charge in [0.25, 0.3) is 5.91 Å². The van der Waals surface area contributed by atoms with E-state index in [9.17, 15) is 9.59 Å². The first-order chi connectivity index (χ1) is 15.7. The first-order valence-corrected chi connectivity index (χ1v) is 11.1. The molecule has 2 aromatic carbocycles. The second kappa shape index (κ2) is 8.86. The Labute approximate surface area is 187 Å². The number of rotatable bonds is 5. The lowest BCUT2D eigenvalue weighted by Crippen LogP contribution is -2.36. The van der Waals surface area contributed by atoms with Crippen LogP contribution in [0.5, 0.6) is 0 Å². The Balaban J connectivity index is 1.19. The zero-order valence-corrected chi connectivity index (χ0v) is 17.9. The molecule has 7 heteroatoms. The number of benzene rings is 2. The molecule has 32 heavy (non-hydrogen) atoms. The van der Waals surface area contributed by atoms with Crippen LogP contribution in [0.25, 0.3) is 11.3 Å². The highest BCUT2D eigenvalue weighted by Crippen LogP contribution is 2.31. The van der Waals surface area contributed by atoms with Crippen molar-refractivity contribution in [2.45, 2.75) is 19.3 Å². The highest BCUT2D eigenvalue weighted by Gasteiger charge is 2.33. The lowest BCUT2D eigenvalue weighted by Gasteiger charge is -2.24. The molecule has 0 atom stereocenters. The van der Waals surface area contributed by atoms with Crippen molar-refractivity contribution in [3.05, 3.63) is 66.4 Å². The number of hydrogen-bond acceptors (Lipinski definition) is 5. The van der Waals surface area contributed by atoms with Crippen LogP contribution in [-0.2, 0) is 4.79 Å². The summed E-state index contributed by atoms with van der Waals surface area (Å²) < 4.78 is 5.32. The predicted molar refractivity (Wildman–Crippen MR) is 122 cm³/mol. The second-order valence-electron chi connectivity index (χ2n) is 8.38. The number of carbonyl (C=O) groups excluding carboxylic acids is 2. The van der Waals surface area contributed by atoms with Gasteiger partial charge in [-0.05, 0) is 43.5 Å². The molecule has 1 saturated heterocycles. The van der Waals surface area contributed by atoms with Crippen LogP contribution < -0.4 is 10.2 Å². The molecule has 2 amide bonds. The number of carbonyl (C=O) groups is 2. The van der Waals surface area contributed by atoms with E-state index in [0.29, 0.717) is 17.4 Å². The maximum absolute atomic E-state index is 12.6. The summed E-state index contributed by atoms with van der Waals surface area (Å²) in [5.41, 5.74) is 2.90. The SMILES string of the molecule is O=C(Nc1ccc(N2CCCN(C(=O)C3CC3)CC2)cc1)c1cc(-c2ccccc2)on1. The minimum Gasteiger partial charge on any atom is -0.370 e. The Morgan fingerprint density at radius 2 is 1.72 bits per heavy atom. The van der Waals surface area contributed by atoms with Gasteiger partial charge in [0.05, 0.1) is 0 Å². The van der Waals surface area contributed by atoms with E-state index >= 15 is 0 Å². The Bertz CT molecular complexity index is 1090. The van der Waals surface area contributed by atoms with Gasteiger partial charge in [0.2, 0.25) is 5.91 Å². The third kappa shape index (κ3) is 4.51. The molecule has 3 aromatic rings. The third-order valence-corrected chi connectivity index (χ3v) is 6.03. The van der Waals surface area contributed by atoms with Crippen molar-refractivity contribution in [2.24, 2.45) is 5.92 Å². The molecule has 1 aliphatic carbocycles. The Morgan fingerprint density at radius 1 is 0.938 bits per heavy atom. The van der Waals surface area contributed by atoms with Gasteiger partial charge < -0.3 is 19.6 Å². The fourth-order valence-corrected chi connectivity index (χ4v) is 4.06. The average Bonchev–Trinajstić information content (AvgIpc) is 3.61. The molecule has 7 nitrogen and oxygen atoms in total. The maximum Gasteiger partial charge on any atom is 0.277 e. The van der Waals surface area contributed by atoms with E-state index in [1.165, 1.54) is 0 Å². The Morgan fingerprint density at radius 3 is 2.47 bits per heavy atom. The van der Waals surface area contributed by atoms with Gasteiger partial charge in [0, 0.05) is 55.1 Å². The van der Waals surface area contributed by atoms with Crippen molar-refractivity contribution in [1.29, 1.82) is 0 Å². The van der Waals surface area contributed by atoms with Crippen molar-refractivity contribution in [1.82, 2.24) is 10.1 Å². The highest BCUT2D eigenvalue weighted by molar-refractivity contribution is 6.03. The van der Waals surface area contributed by atoms with Crippen LogP contribution in [0.2, 0.25) is 0 Å². The standard InChI is InChI=1S/C25H26N4O3/c30-24(22-17-23(32-27-22)18-5-2-1-3-6-18)26-20-9-11-21(12-10-20)28-13-4-14-29(16-15-28)25(31)19-7-8-19/h1-3,5-6,9-12,17,19H,4,7-8,13-16H2,(H,26,30). The Kier molecular flexibility index (Phi) is 5.62. The number of aromatic nitrogens is 1. The van der Waals surface area contributed by atoms with Crippen LogP contribution in [0.1, 0.15) is 29.8 Å². The summed E-state index contributed by atoms with van der Waals surface area (Å²) in [6, 6.07) is 19.0. The van der Waals surface area contributed by atoms with Gasteiger partial charge >= 0.3 is 0 Å². The minimum absolute atomic E-state index is 0.237. The number of nitrogens with one attached hydrogen (secondary N) is 1. The van der Waals surface area contributed by atoms with Gasteiger partial charge in [-0.15, -0.1) is 0 Å². The van der Waals surface area contributed by atoms with Crippen molar-refractivity contribution in [2.75, 3.05) is 36.4 Å². The van der Waals surface area contributed by atoms with E-state index in [0.717, 1.165) is 56.7 Å². The monoisotopic (exact) mass is 430 g/mol. The quantitative estimate of drug-likeness (QED) is 0.661. The van der Waals surface area contributed by atoms with Crippen molar-refractivity contribution in [3.63, 3.8) is 0 Å². The largest absolute Gasteiger partial charge is 0.370 e. The summed E-state index contributed by atoms with van der Waals surface area (Å²) in [5.74, 6) is 0.847. The molecule has 2 heterocycles. The molecule has 2 fully saturated rings. The summed E-state index contributed by atoms with van der Waals surface area (Å²) in [5, 5.41) is 6.77. The van der Waals surface area contributed by atoms with Crippen molar-refractivity contribution >= 4 is 23.2 Å². The van der Waals surface area contributed by atoms with Crippen LogP contribution in [0.4, 0.5) is 11.4 Å². The van der Waals surface area contributed by atoms with Crippen molar-refractivity contribution in [3.8, 4) is 11.3 Å². The number of amides is 2. The highest BCUT2D eigenvalue weighted by atomic mass is 16.5. The van der Waals surface area contributed by atoms with Crippen LogP contribution in [0.15, 0.2) is 65.2 Å². The fraction of sp³-hybridized carbons (Fsp3) is 0.320. The molecule has 1 N–H and O–H groups in total. The first-order valence-electron chi connectivity index (χ1n) is 11.1. The minimum atomic E-state index is -0.312. The van der Waals surface area contributed by atoms with Gasteiger partial charge in [-0.25, -0.2) is 0 Å². The van der Waals surface area contributed by atoms with Crippen LogP contribution >= 0.6 is 0 Å². The molecule has 164 valence electrons. The smallest absolute Gasteiger partial charge is 0.277 e. The number of nitrogens with zero attached hydrogens (tertiary/aromatic N) is 3. The summed E-state index contributed by atoms with van der Waals surface area (Å²) >= 11 is 0. The summed E-state index contributed by atoms with van der Waals surface area (Å²) in [6.07, 6.45) is 3.06. The summed E-state index contributed by atoms with van der Waals surface area (Å²) in [6.45, 7) is 3.35. The summed E-state index contributed by atoms with van der Waals surface area (Å²) in [7, 11) is 0. The zero-order chi connectivity index (χ0) is 21.9. The Hall–Kier alpha value is -3.61. The van der Waals surface area contributed by atoms with Crippen LogP contribution in [0, 0.1) is 5.92 Å². The van der Waals surface area contributed by atoms with E-state index in [4.69, 9.17) is 4.52 Å². The van der Waals surface area contributed by atoms with Gasteiger partial charge in [-0.1, -0.05) is 35.5 Å². The normalized spacial score (nSPS) is 16.5. The lowest BCUT2D eigenvalue weighted by molar-refractivity contribution is -0.132. The fourth-order valence-electron chi connectivity index (χ4n) is 4.06. The summed E-state index contributed by atoms with van der Waals surface area (Å²) in [4.78, 5) is 29.3. The van der Waals surface area contributed by atoms with Gasteiger partial charge in [-0.2, -0.15) is 0 Å². The molecule has 0 spiro atoms. The maximum atomic E-state index is 12.6. The van der Waals surface area contributed by atoms with Crippen molar-refractivity contribution < 1.29 is 14.1 Å². The molecule has 2 aliphatic rings. The number of hydrogen-bond donors (Lipinski definition) is 1. The van der Waals surface area contributed by atoms with Gasteiger partial charge in [-0.3, -0.25) is 9.59 Å². The van der Waals surface area contributed by atoms with E-state index in [2.05, 4.69) is 15.4 Å². The van der Waals surface area contributed by atoms with Gasteiger partial charge in [0.15, 0.2) is 11.5 Å². The van der Waals surface area contributed by atoms with Gasteiger partial charge in [0.1, 0.15) is 0 Å². The zero-order valence-electron chi connectivity index (χ0n) is 17.9. The van der Waals surface area contributed by atoms with E-state index in [-0.39, 0.29) is 17.5 Å². The van der Waals surface area contributed by atoms with Crippen LogP contribution in [-0.4, -0.2) is 48.0 Å². The molecule has 0 unspecified atom stereocenters. The van der Waals surface area contributed by atoms with E-state index in [1.807, 2.05) is 59.5 Å². The third-order valence-electron chi connectivity index (χ3n) is 6.03. The number of anilines is 2. The first kappa shape index (κ1) is 20.3. The molecule has 5 rings (SSSR count). The van der Waals surface area contributed by atoms with Crippen LogP contribution in [0.3, 0.4) is 0 Å². The molecular formula is C25H26N4O3. The molecule has 1 aliphatic heterocycles. The lowest BCUT2D eigenvalue weighted by atomic mass is 10.1. The molecule has 1 saturated carbocycles. The average molecular weight is 431 g/mol. The van der Waals surface area contributed by atoms with E-state index < -0.39 is 0 Å². The topological polar surface area (TPSA) is 78.7 Å². The second-order valence-corrected chi connectivity index (χ2v) is 8.38. The molecule has 0 radical (unpaired) electrons. The molecule has 0 bridgehead atoms. The predicted octanol–water partition coefficient (Wildman–Crippen LogP) is 4.04. The molecule has 1 aromatic heterocycles. The molecular weight excluding hydrogens is 404 g/mol. The van der Waals surface area contributed by atoms with E-state index in [1.54, 1.807) is 6.07 Å².